The monoisotopic (exact) mass is 665 g/mol. The van der Waals surface area contributed by atoms with Crippen LogP contribution >= 0.6 is 0 Å². The predicted octanol–water partition coefficient (Wildman–Crippen LogP) is 14.0. The van der Waals surface area contributed by atoms with Crippen LogP contribution in [0.1, 0.15) is 34.7 Å². The van der Waals surface area contributed by atoms with Crippen LogP contribution in [0.25, 0.3) is 0 Å². The summed E-state index contributed by atoms with van der Waals surface area (Å²) in [5.41, 5.74) is 16.4. The highest BCUT2D eigenvalue weighted by Gasteiger charge is 2.30. The molecule has 0 unspecified atom stereocenters. The van der Waals surface area contributed by atoms with E-state index in [1.165, 1.54) is 16.7 Å². The quantitative estimate of drug-likeness (QED) is 0.128. The molecule has 3 heteroatoms. The topological polar surface area (TPSA) is 9.72 Å². The normalized spacial score (nSPS) is 11.0. The maximum absolute atomic E-state index is 4.66. The SMILES string of the molecule is C=C(C)/C=C\C(=C)N(c1ccccc1)c1c(C)c(N(c2ccccc2)c2ccc(C)cc2)c(C)c(N(c2ccccc2)c2ccc(C)cc2)c1C. The molecule has 0 fully saturated rings. The van der Waals surface area contributed by atoms with E-state index in [0.717, 1.165) is 67.9 Å². The first-order valence-electron chi connectivity index (χ1n) is 17.5. The summed E-state index contributed by atoms with van der Waals surface area (Å²) in [7, 11) is 0. The van der Waals surface area contributed by atoms with Crippen molar-refractivity contribution < 1.29 is 0 Å². The fourth-order valence-corrected chi connectivity index (χ4v) is 6.87. The molecule has 0 spiro atoms. The van der Waals surface area contributed by atoms with Gasteiger partial charge < -0.3 is 14.7 Å². The van der Waals surface area contributed by atoms with Crippen molar-refractivity contribution in [2.45, 2.75) is 41.5 Å². The molecule has 0 saturated heterocycles. The third-order valence-corrected chi connectivity index (χ3v) is 9.28. The summed E-state index contributed by atoms with van der Waals surface area (Å²) in [6, 6.07) is 49.5. The largest absolute Gasteiger partial charge is 0.310 e. The summed E-state index contributed by atoms with van der Waals surface area (Å²) in [6.45, 7) is 21.8. The summed E-state index contributed by atoms with van der Waals surface area (Å²) in [6.07, 6.45) is 4.10. The smallest absolute Gasteiger partial charge is 0.0562 e. The number of nitrogens with zero attached hydrogens (tertiary/aromatic N) is 3. The van der Waals surface area contributed by atoms with Crippen LogP contribution in [0.5, 0.6) is 0 Å². The average Bonchev–Trinajstić information content (AvgIpc) is 3.14. The van der Waals surface area contributed by atoms with E-state index in [1.807, 2.05) is 13.0 Å². The molecule has 0 amide bonds. The zero-order valence-electron chi connectivity index (χ0n) is 30.7. The van der Waals surface area contributed by atoms with Gasteiger partial charge in [-0.1, -0.05) is 115 Å². The number of aryl methyl sites for hydroxylation is 2. The highest BCUT2D eigenvalue weighted by atomic mass is 15.2. The van der Waals surface area contributed by atoms with Gasteiger partial charge in [0.15, 0.2) is 0 Å². The van der Waals surface area contributed by atoms with Crippen LogP contribution in [-0.2, 0) is 0 Å². The van der Waals surface area contributed by atoms with Crippen molar-refractivity contribution in [1.82, 2.24) is 0 Å². The highest BCUT2D eigenvalue weighted by Crippen LogP contribution is 2.52. The molecule has 0 atom stereocenters. The van der Waals surface area contributed by atoms with E-state index in [4.69, 9.17) is 0 Å². The fourth-order valence-electron chi connectivity index (χ4n) is 6.87. The average molecular weight is 666 g/mol. The third kappa shape index (κ3) is 7.29. The lowest BCUT2D eigenvalue weighted by molar-refractivity contribution is 1.12. The Kier molecular flexibility index (Phi) is 10.4. The van der Waals surface area contributed by atoms with Crippen molar-refractivity contribution >= 4 is 45.5 Å². The van der Waals surface area contributed by atoms with E-state index in [0.29, 0.717) is 0 Å². The van der Waals surface area contributed by atoms with E-state index in [1.54, 1.807) is 0 Å². The number of hydrogen-bond acceptors (Lipinski definition) is 3. The van der Waals surface area contributed by atoms with E-state index < -0.39 is 0 Å². The second-order valence-corrected chi connectivity index (χ2v) is 13.3. The van der Waals surface area contributed by atoms with Crippen LogP contribution in [0.4, 0.5) is 45.5 Å². The van der Waals surface area contributed by atoms with Gasteiger partial charge in [0.2, 0.25) is 0 Å². The maximum atomic E-state index is 4.66. The Balaban J connectivity index is 1.78. The van der Waals surface area contributed by atoms with Gasteiger partial charge in [0.25, 0.3) is 0 Å². The van der Waals surface area contributed by atoms with Gasteiger partial charge in [-0.3, -0.25) is 0 Å². The van der Waals surface area contributed by atoms with Crippen molar-refractivity contribution in [2.75, 3.05) is 14.7 Å². The van der Waals surface area contributed by atoms with Crippen molar-refractivity contribution in [3.05, 3.63) is 204 Å². The van der Waals surface area contributed by atoms with Crippen molar-refractivity contribution in [1.29, 1.82) is 0 Å². The van der Waals surface area contributed by atoms with Gasteiger partial charge in [-0.2, -0.15) is 0 Å². The minimum absolute atomic E-state index is 0.847. The van der Waals surface area contributed by atoms with Gasteiger partial charge in [0.1, 0.15) is 0 Å². The molecule has 0 radical (unpaired) electrons. The molecule has 0 N–H and O–H groups in total. The first-order chi connectivity index (χ1) is 24.7. The lowest BCUT2D eigenvalue weighted by atomic mass is 9.94. The molecule has 6 aromatic carbocycles. The summed E-state index contributed by atoms with van der Waals surface area (Å²) in [5.74, 6) is 0. The second-order valence-electron chi connectivity index (χ2n) is 13.3. The van der Waals surface area contributed by atoms with Crippen LogP contribution in [0, 0.1) is 34.6 Å². The summed E-state index contributed by atoms with van der Waals surface area (Å²) in [4.78, 5) is 7.11. The van der Waals surface area contributed by atoms with Gasteiger partial charge >= 0.3 is 0 Å². The standard InChI is InChI=1S/C48H47N3/c1-34(2)24-29-37(5)49(41-18-12-9-13-19-41)46-38(6)47(50(42-20-14-10-15-21-42)44-30-25-35(3)26-31-44)40(8)48(39(46)7)51(43-22-16-11-17-23-43)45-32-27-36(4)28-33-45/h9-33H,1,5H2,2-4,6-8H3/b29-24-. The Morgan fingerprint density at radius 2 is 0.745 bits per heavy atom. The maximum Gasteiger partial charge on any atom is 0.0562 e. The summed E-state index contributed by atoms with van der Waals surface area (Å²) >= 11 is 0. The summed E-state index contributed by atoms with van der Waals surface area (Å²) in [5, 5.41) is 0. The second kappa shape index (κ2) is 15.2. The van der Waals surface area contributed by atoms with E-state index in [2.05, 4.69) is 208 Å². The van der Waals surface area contributed by atoms with Crippen LogP contribution in [-0.4, -0.2) is 0 Å². The zero-order chi connectivity index (χ0) is 36.1. The molecule has 3 nitrogen and oxygen atoms in total. The Hall–Kier alpha value is -6.06. The lowest BCUT2D eigenvalue weighted by Gasteiger charge is -2.38. The molecule has 0 bridgehead atoms. The predicted molar refractivity (Wildman–Crippen MR) is 221 cm³/mol. The third-order valence-electron chi connectivity index (χ3n) is 9.28. The van der Waals surface area contributed by atoms with Crippen LogP contribution in [0.2, 0.25) is 0 Å². The lowest BCUT2D eigenvalue weighted by Crippen LogP contribution is -2.23. The molecule has 51 heavy (non-hydrogen) atoms. The van der Waals surface area contributed by atoms with Gasteiger partial charge in [0.05, 0.1) is 17.1 Å². The zero-order valence-corrected chi connectivity index (χ0v) is 30.7. The van der Waals surface area contributed by atoms with Crippen LogP contribution < -0.4 is 14.7 Å². The molecular formula is C48H47N3. The Bertz CT molecular complexity index is 2050. The number of anilines is 8. The molecule has 0 aliphatic rings. The molecule has 6 rings (SSSR count). The Morgan fingerprint density at radius 3 is 1.12 bits per heavy atom. The van der Waals surface area contributed by atoms with Gasteiger partial charge in [0, 0.05) is 34.1 Å². The van der Waals surface area contributed by atoms with E-state index >= 15 is 0 Å². The molecule has 6 aromatic rings. The molecule has 0 aliphatic heterocycles. The van der Waals surface area contributed by atoms with Gasteiger partial charge in [-0.15, -0.1) is 0 Å². The van der Waals surface area contributed by atoms with Gasteiger partial charge in [-0.25, -0.2) is 0 Å². The number of hydrogen-bond donors (Lipinski definition) is 0. The van der Waals surface area contributed by atoms with Crippen molar-refractivity contribution in [2.24, 2.45) is 0 Å². The molecule has 0 saturated carbocycles. The van der Waals surface area contributed by atoms with Crippen molar-refractivity contribution in [3.8, 4) is 0 Å². The molecule has 254 valence electrons. The van der Waals surface area contributed by atoms with Crippen LogP contribution in [0.3, 0.4) is 0 Å². The first kappa shape index (κ1) is 34.8. The Labute approximate surface area is 304 Å². The molecule has 0 heterocycles. The number of para-hydroxylation sites is 3. The van der Waals surface area contributed by atoms with Gasteiger partial charge in [-0.05, 0) is 125 Å². The van der Waals surface area contributed by atoms with Crippen molar-refractivity contribution in [3.63, 3.8) is 0 Å². The fraction of sp³-hybridized carbons (Fsp3) is 0.125. The van der Waals surface area contributed by atoms with Crippen LogP contribution in [0.15, 0.2) is 176 Å². The number of benzene rings is 6. The first-order valence-corrected chi connectivity index (χ1v) is 17.5. The molecular weight excluding hydrogens is 619 g/mol. The van der Waals surface area contributed by atoms with E-state index in [9.17, 15) is 0 Å². The Morgan fingerprint density at radius 1 is 0.412 bits per heavy atom. The minimum Gasteiger partial charge on any atom is -0.310 e. The summed E-state index contributed by atoms with van der Waals surface area (Å²) < 4.78 is 0. The number of rotatable bonds is 11. The molecule has 0 aromatic heterocycles. The minimum atomic E-state index is 0.847. The van der Waals surface area contributed by atoms with E-state index in [-0.39, 0.29) is 0 Å². The molecule has 0 aliphatic carbocycles. The highest BCUT2D eigenvalue weighted by molar-refractivity contribution is 5.96. The number of allylic oxidation sites excluding steroid dienone is 3.